The second kappa shape index (κ2) is 5.40. The summed E-state index contributed by atoms with van der Waals surface area (Å²) in [6.07, 6.45) is 6.59. The molecule has 0 saturated carbocycles. The topological polar surface area (TPSA) is 78.0 Å². The quantitative estimate of drug-likeness (QED) is 0.876. The van der Waals surface area contributed by atoms with Gasteiger partial charge in [0.2, 0.25) is 0 Å². The Morgan fingerprint density at radius 2 is 2.33 bits per heavy atom. The molecule has 5 nitrogen and oxygen atoms in total. The Kier molecular flexibility index (Phi) is 4.07. The molecule has 0 aromatic carbocycles. The van der Waals surface area contributed by atoms with E-state index >= 15 is 0 Å². The van der Waals surface area contributed by atoms with Gasteiger partial charge in [0.05, 0.1) is 11.0 Å². The number of aromatic nitrogens is 2. The van der Waals surface area contributed by atoms with Gasteiger partial charge in [0.15, 0.2) is 9.84 Å². The van der Waals surface area contributed by atoms with E-state index in [-0.39, 0.29) is 11.8 Å². The lowest BCUT2D eigenvalue weighted by Crippen LogP contribution is -2.45. The Morgan fingerprint density at radius 3 is 3.00 bits per heavy atom. The first-order valence-corrected chi connectivity index (χ1v) is 8.23. The molecule has 18 heavy (non-hydrogen) atoms. The van der Waals surface area contributed by atoms with E-state index in [1.54, 1.807) is 6.20 Å². The summed E-state index contributed by atoms with van der Waals surface area (Å²) in [5, 5.41) is -0.395. The highest BCUT2D eigenvalue weighted by Crippen LogP contribution is 2.23. The van der Waals surface area contributed by atoms with Crippen LogP contribution in [0.3, 0.4) is 0 Å². The van der Waals surface area contributed by atoms with E-state index in [9.17, 15) is 8.42 Å². The summed E-state index contributed by atoms with van der Waals surface area (Å²) in [6.45, 7) is 2.87. The van der Waals surface area contributed by atoms with Gasteiger partial charge in [0, 0.05) is 31.4 Å². The molecule has 1 saturated heterocycles. The molecule has 0 aliphatic carbocycles. The molecular formula is C12H21N3O2S. The minimum atomic E-state index is -3.01. The molecule has 0 radical (unpaired) electrons. The van der Waals surface area contributed by atoms with Gasteiger partial charge >= 0.3 is 0 Å². The van der Waals surface area contributed by atoms with Crippen LogP contribution in [-0.4, -0.2) is 35.0 Å². The molecule has 1 aliphatic heterocycles. The third-order valence-electron chi connectivity index (χ3n) is 3.67. The van der Waals surface area contributed by atoms with Gasteiger partial charge in [-0.05, 0) is 19.8 Å². The van der Waals surface area contributed by atoms with Crippen LogP contribution < -0.4 is 5.73 Å². The van der Waals surface area contributed by atoms with Crippen molar-refractivity contribution >= 4 is 9.84 Å². The van der Waals surface area contributed by atoms with Crippen molar-refractivity contribution in [3.8, 4) is 0 Å². The molecule has 2 N–H and O–H groups in total. The van der Waals surface area contributed by atoms with E-state index < -0.39 is 15.1 Å². The summed E-state index contributed by atoms with van der Waals surface area (Å²) in [5.41, 5.74) is 6.11. The van der Waals surface area contributed by atoms with E-state index in [0.29, 0.717) is 12.8 Å². The zero-order chi connectivity index (χ0) is 13.2. The molecule has 1 fully saturated rings. The molecule has 102 valence electrons. The van der Waals surface area contributed by atoms with Crippen LogP contribution in [0.25, 0.3) is 0 Å². The van der Waals surface area contributed by atoms with Crippen molar-refractivity contribution in [2.45, 2.75) is 50.4 Å². The van der Waals surface area contributed by atoms with Crippen molar-refractivity contribution in [3.63, 3.8) is 0 Å². The minimum absolute atomic E-state index is 0.285. The van der Waals surface area contributed by atoms with E-state index in [1.165, 1.54) is 0 Å². The average molecular weight is 271 g/mol. The number of hydrogen-bond donors (Lipinski definition) is 1. The number of nitrogens with zero attached hydrogens (tertiary/aromatic N) is 2. The molecule has 2 heterocycles. The van der Waals surface area contributed by atoms with E-state index in [4.69, 9.17) is 5.73 Å². The summed E-state index contributed by atoms with van der Waals surface area (Å²) < 4.78 is 26.0. The van der Waals surface area contributed by atoms with Crippen molar-refractivity contribution in [2.75, 3.05) is 5.75 Å². The number of hydrogen-bond acceptors (Lipinski definition) is 4. The van der Waals surface area contributed by atoms with Crippen LogP contribution in [0.5, 0.6) is 0 Å². The van der Waals surface area contributed by atoms with Gasteiger partial charge in [0.1, 0.15) is 5.82 Å². The molecule has 0 bridgehead atoms. The molecule has 2 atom stereocenters. The number of aryl methyl sites for hydroxylation is 1. The molecule has 0 spiro atoms. The van der Waals surface area contributed by atoms with Gasteiger partial charge in [-0.25, -0.2) is 13.4 Å². The lowest BCUT2D eigenvalue weighted by atomic mass is 10.0. The first kappa shape index (κ1) is 13.5. The maximum Gasteiger partial charge on any atom is 0.154 e. The van der Waals surface area contributed by atoms with Crippen LogP contribution in [0.2, 0.25) is 0 Å². The van der Waals surface area contributed by atoms with Gasteiger partial charge in [-0.1, -0.05) is 6.42 Å². The van der Waals surface area contributed by atoms with Crippen molar-refractivity contribution < 1.29 is 8.42 Å². The van der Waals surface area contributed by atoms with Crippen LogP contribution in [0.15, 0.2) is 12.4 Å². The molecule has 2 rings (SSSR count). The normalized spacial score (nSPS) is 24.9. The Balaban J connectivity index is 2.10. The summed E-state index contributed by atoms with van der Waals surface area (Å²) in [7, 11) is -3.01. The van der Waals surface area contributed by atoms with Crippen LogP contribution in [0.1, 0.15) is 32.0 Å². The Morgan fingerprint density at radius 1 is 1.56 bits per heavy atom. The average Bonchev–Trinajstić information content (AvgIpc) is 2.75. The monoisotopic (exact) mass is 271 g/mol. The third kappa shape index (κ3) is 2.75. The first-order valence-electron chi connectivity index (χ1n) is 6.51. The second-order valence-electron chi connectivity index (χ2n) is 4.90. The molecule has 0 amide bonds. The SMILES string of the molecule is CCn1ccnc1CC(N)C1CCCCS1(=O)=O. The number of imidazole rings is 1. The predicted molar refractivity (Wildman–Crippen MR) is 71.0 cm³/mol. The van der Waals surface area contributed by atoms with Crippen LogP contribution >= 0.6 is 0 Å². The number of sulfone groups is 1. The summed E-state index contributed by atoms with van der Waals surface area (Å²) in [5.74, 6) is 1.17. The zero-order valence-electron chi connectivity index (χ0n) is 10.7. The highest BCUT2D eigenvalue weighted by Gasteiger charge is 2.34. The van der Waals surface area contributed by atoms with Crippen LogP contribution in [0.4, 0.5) is 0 Å². The van der Waals surface area contributed by atoms with Gasteiger partial charge in [-0.2, -0.15) is 0 Å². The Hall–Kier alpha value is -0.880. The standard InChI is InChI=1S/C12H21N3O2S/c1-2-15-7-6-14-12(15)9-10(13)11-5-3-4-8-18(11,16)17/h6-7,10-11H,2-5,8-9,13H2,1H3. The fourth-order valence-corrected chi connectivity index (χ4v) is 4.68. The van der Waals surface area contributed by atoms with Gasteiger partial charge in [-0.15, -0.1) is 0 Å². The van der Waals surface area contributed by atoms with Crippen molar-refractivity contribution in [3.05, 3.63) is 18.2 Å². The lowest BCUT2D eigenvalue weighted by Gasteiger charge is -2.27. The van der Waals surface area contributed by atoms with Gasteiger partial charge < -0.3 is 10.3 Å². The molecule has 1 aliphatic rings. The van der Waals surface area contributed by atoms with E-state index in [0.717, 1.165) is 25.2 Å². The fourth-order valence-electron chi connectivity index (χ4n) is 2.62. The highest BCUT2D eigenvalue weighted by molar-refractivity contribution is 7.92. The maximum atomic E-state index is 12.0. The van der Waals surface area contributed by atoms with Gasteiger partial charge in [0.25, 0.3) is 0 Å². The maximum absolute atomic E-state index is 12.0. The predicted octanol–water partition coefficient (Wildman–Crippen LogP) is 0.740. The summed E-state index contributed by atoms with van der Waals surface area (Å²) in [6, 6.07) is -0.344. The Bertz CT molecular complexity index is 495. The molecule has 6 heteroatoms. The van der Waals surface area contributed by atoms with Crippen LogP contribution in [0, 0.1) is 0 Å². The largest absolute Gasteiger partial charge is 0.335 e. The van der Waals surface area contributed by atoms with Crippen LogP contribution in [-0.2, 0) is 22.8 Å². The van der Waals surface area contributed by atoms with E-state index in [2.05, 4.69) is 4.98 Å². The smallest absolute Gasteiger partial charge is 0.154 e. The van der Waals surface area contributed by atoms with Crippen molar-refractivity contribution in [1.29, 1.82) is 0 Å². The first-order chi connectivity index (χ1) is 8.54. The molecular weight excluding hydrogens is 250 g/mol. The molecule has 2 unspecified atom stereocenters. The molecule has 1 aromatic heterocycles. The third-order valence-corrected chi connectivity index (χ3v) is 6.03. The Labute approximate surface area is 108 Å². The summed E-state index contributed by atoms with van der Waals surface area (Å²) >= 11 is 0. The fraction of sp³-hybridized carbons (Fsp3) is 0.750. The highest BCUT2D eigenvalue weighted by atomic mass is 32.2. The number of rotatable bonds is 4. The summed E-state index contributed by atoms with van der Waals surface area (Å²) in [4.78, 5) is 4.26. The lowest BCUT2D eigenvalue weighted by molar-refractivity contribution is 0.486. The number of nitrogens with two attached hydrogens (primary N) is 1. The van der Waals surface area contributed by atoms with E-state index in [1.807, 2.05) is 17.7 Å². The van der Waals surface area contributed by atoms with Crippen molar-refractivity contribution in [1.82, 2.24) is 9.55 Å². The molecule has 1 aromatic rings. The van der Waals surface area contributed by atoms with Gasteiger partial charge in [-0.3, -0.25) is 0 Å². The minimum Gasteiger partial charge on any atom is -0.335 e. The van der Waals surface area contributed by atoms with Crippen molar-refractivity contribution in [2.24, 2.45) is 5.73 Å². The zero-order valence-corrected chi connectivity index (χ0v) is 11.6. The second-order valence-corrected chi connectivity index (χ2v) is 7.24.